The number of hydrogen-bond donors (Lipinski definition) is 0. The van der Waals surface area contributed by atoms with Gasteiger partial charge in [0.25, 0.3) is 0 Å². The van der Waals surface area contributed by atoms with Crippen molar-refractivity contribution in [2.24, 2.45) is 0 Å². The average Bonchev–Trinajstić information content (AvgIpc) is 2.49. The van der Waals surface area contributed by atoms with Gasteiger partial charge in [0.1, 0.15) is 0 Å². The van der Waals surface area contributed by atoms with Crippen LogP contribution in [0.4, 0.5) is 5.69 Å². The van der Waals surface area contributed by atoms with Crippen LogP contribution in [0.3, 0.4) is 0 Å². The van der Waals surface area contributed by atoms with Gasteiger partial charge in [-0.3, -0.25) is 4.79 Å². The van der Waals surface area contributed by atoms with Gasteiger partial charge in [0, 0.05) is 17.6 Å². The number of ketones is 1. The van der Waals surface area contributed by atoms with Crippen molar-refractivity contribution in [3.63, 3.8) is 0 Å². The molecule has 1 unspecified atom stereocenters. The minimum atomic E-state index is -0.0585. The summed E-state index contributed by atoms with van der Waals surface area (Å²) in [5.74, 6) is 0.118. The zero-order chi connectivity index (χ0) is 15.7. The number of rotatable bonds is 2. The third-order valence-electron chi connectivity index (χ3n) is 3.80. The first-order valence-corrected chi connectivity index (χ1v) is 7.81. The van der Waals surface area contributed by atoms with Crippen LogP contribution in [0.25, 0.3) is 0 Å². The zero-order valence-corrected chi connectivity index (χ0v) is 13.6. The Morgan fingerprint density at radius 3 is 2.50 bits per heavy atom. The Balaban J connectivity index is 2.04. The van der Waals surface area contributed by atoms with Gasteiger partial charge in [-0.15, -0.1) is 0 Å². The van der Waals surface area contributed by atoms with Crippen LogP contribution in [0, 0.1) is 6.92 Å². The van der Waals surface area contributed by atoms with Crippen molar-refractivity contribution in [1.29, 1.82) is 0 Å². The van der Waals surface area contributed by atoms with Crippen LogP contribution in [-0.2, 0) is 4.79 Å². The molecule has 1 aliphatic heterocycles. The van der Waals surface area contributed by atoms with Crippen molar-refractivity contribution in [3.8, 4) is 0 Å². The standard InChI is InChI=1S/C18H15Cl2NO/c1-12-2-4-13(5-3-12)18-11-15(22)8-9-21(18)17-7-6-14(19)10-16(17)20/h2-10,18H,11H2,1H3. The molecule has 0 fully saturated rings. The number of nitrogens with zero attached hydrogens (tertiary/aromatic N) is 1. The van der Waals surface area contributed by atoms with Gasteiger partial charge in [0.2, 0.25) is 0 Å². The Kier molecular flexibility index (Phi) is 4.23. The molecule has 2 aromatic rings. The molecule has 0 spiro atoms. The molecule has 1 heterocycles. The Labute approximate surface area is 140 Å². The van der Waals surface area contributed by atoms with Crippen LogP contribution >= 0.6 is 23.2 Å². The Morgan fingerprint density at radius 1 is 1.09 bits per heavy atom. The molecule has 2 nitrogen and oxygen atoms in total. The van der Waals surface area contributed by atoms with E-state index in [4.69, 9.17) is 23.2 Å². The van der Waals surface area contributed by atoms with Crippen molar-refractivity contribution in [2.75, 3.05) is 4.90 Å². The van der Waals surface area contributed by atoms with E-state index in [9.17, 15) is 4.79 Å². The van der Waals surface area contributed by atoms with Gasteiger partial charge in [-0.1, -0.05) is 53.0 Å². The normalized spacial score (nSPS) is 17.9. The highest BCUT2D eigenvalue weighted by Gasteiger charge is 2.26. The van der Waals surface area contributed by atoms with Gasteiger partial charge in [0.05, 0.1) is 16.8 Å². The number of hydrogen-bond acceptors (Lipinski definition) is 2. The molecule has 1 aliphatic rings. The van der Waals surface area contributed by atoms with Crippen LogP contribution in [0.2, 0.25) is 10.0 Å². The summed E-state index contributed by atoms with van der Waals surface area (Å²) in [4.78, 5) is 13.9. The molecule has 0 aliphatic carbocycles. The predicted molar refractivity (Wildman–Crippen MR) is 91.6 cm³/mol. The Bertz CT molecular complexity index is 737. The fraction of sp³-hybridized carbons (Fsp3) is 0.167. The van der Waals surface area contributed by atoms with Crippen LogP contribution in [0.15, 0.2) is 54.7 Å². The molecule has 3 rings (SSSR count). The van der Waals surface area contributed by atoms with E-state index < -0.39 is 0 Å². The molecule has 0 bridgehead atoms. The first-order chi connectivity index (χ1) is 10.5. The van der Waals surface area contributed by atoms with Gasteiger partial charge >= 0.3 is 0 Å². The average molecular weight is 332 g/mol. The van der Waals surface area contributed by atoms with E-state index in [0.717, 1.165) is 11.3 Å². The molecule has 112 valence electrons. The maximum Gasteiger partial charge on any atom is 0.159 e. The molecule has 2 aromatic carbocycles. The number of benzene rings is 2. The molecule has 0 aromatic heterocycles. The lowest BCUT2D eigenvalue weighted by Gasteiger charge is -2.33. The molecule has 1 atom stereocenters. The summed E-state index contributed by atoms with van der Waals surface area (Å²) in [6.45, 7) is 2.05. The molecule has 0 saturated carbocycles. The van der Waals surface area contributed by atoms with E-state index >= 15 is 0 Å². The number of halogens is 2. The summed E-state index contributed by atoms with van der Waals surface area (Å²) < 4.78 is 0. The van der Waals surface area contributed by atoms with Gasteiger partial charge in [0.15, 0.2) is 5.78 Å². The minimum Gasteiger partial charge on any atom is -0.339 e. The monoisotopic (exact) mass is 331 g/mol. The SMILES string of the molecule is Cc1ccc(C2CC(=O)C=CN2c2ccc(Cl)cc2Cl)cc1. The lowest BCUT2D eigenvalue weighted by Crippen LogP contribution is -2.29. The summed E-state index contributed by atoms with van der Waals surface area (Å²) in [7, 11) is 0. The van der Waals surface area contributed by atoms with Crippen LogP contribution in [0.5, 0.6) is 0 Å². The fourth-order valence-corrected chi connectivity index (χ4v) is 3.14. The number of aryl methyl sites for hydroxylation is 1. The third kappa shape index (κ3) is 3.03. The topological polar surface area (TPSA) is 20.3 Å². The van der Waals surface area contributed by atoms with Gasteiger partial charge < -0.3 is 4.90 Å². The first-order valence-electron chi connectivity index (χ1n) is 7.05. The van der Waals surface area contributed by atoms with E-state index in [1.165, 1.54) is 5.56 Å². The lowest BCUT2D eigenvalue weighted by atomic mass is 9.96. The molecular weight excluding hydrogens is 317 g/mol. The van der Waals surface area contributed by atoms with Crippen LogP contribution in [-0.4, -0.2) is 5.78 Å². The Morgan fingerprint density at radius 2 is 1.82 bits per heavy atom. The van der Waals surface area contributed by atoms with Crippen molar-refractivity contribution in [3.05, 3.63) is 75.9 Å². The van der Waals surface area contributed by atoms with E-state index in [1.54, 1.807) is 24.4 Å². The Hall–Kier alpha value is -1.77. The number of allylic oxidation sites excluding steroid dienone is 1. The lowest BCUT2D eigenvalue weighted by molar-refractivity contribution is -0.115. The molecule has 0 N–H and O–H groups in total. The largest absolute Gasteiger partial charge is 0.339 e. The van der Waals surface area contributed by atoms with Gasteiger partial charge in [-0.25, -0.2) is 0 Å². The summed E-state index contributed by atoms with van der Waals surface area (Å²) in [5, 5.41) is 1.17. The second kappa shape index (κ2) is 6.15. The number of carbonyl (C=O) groups is 1. The highest BCUT2D eigenvalue weighted by atomic mass is 35.5. The number of anilines is 1. The van der Waals surface area contributed by atoms with Crippen molar-refractivity contribution < 1.29 is 4.79 Å². The second-order valence-corrected chi connectivity index (χ2v) is 6.26. The molecule has 0 saturated heterocycles. The summed E-state index contributed by atoms with van der Waals surface area (Å²) in [6, 6.07) is 13.6. The van der Waals surface area contributed by atoms with Gasteiger partial charge in [-0.05, 0) is 36.8 Å². The smallest absolute Gasteiger partial charge is 0.159 e. The fourth-order valence-electron chi connectivity index (χ4n) is 2.63. The predicted octanol–water partition coefficient (Wildman–Crippen LogP) is 5.34. The highest BCUT2D eigenvalue weighted by molar-refractivity contribution is 6.36. The van der Waals surface area contributed by atoms with E-state index in [1.807, 2.05) is 17.9 Å². The van der Waals surface area contributed by atoms with Crippen molar-refractivity contribution in [2.45, 2.75) is 19.4 Å². The van der Waals surface area contributed by atoms with E-state index in [-0.39, 0.29) is 11.8 Å². The maximum atomic E-state index is 11.9. The molecule has 0 amide bonds. The maximum absolute atomic E-state index is 11.9. The summed E-state index contributed by atoms with van der Waals surface area (Å²) in [5.41, 5.74) is 3.13. The van der Waals surface area contributed by atoms with E-state index in [2.05, 4.69) is 24.3 Å². The quantitative estimate of drug-likeness (QED) is 0.740. The molecule has 4 heteroatoms. The van der Waals surface area contributed by atoms with Crippen LogP contribution in [0.1, 0.15) is 23.6 Å². The van der Waals surface area contributed by atoms with Crippen molar-refractivity contribution in [1.82, 2.24) is 0 Å². The zero-order valence-electron chi connectivity index (χ0n) is 12.1. The minimum absolute atomic E-state index is 0.0585. The van der Waals surface area contributed by atoms with E-state index in [0.29, 0.717) is 16.5 Å². The van der Waals surface area contributed by atoms with Crippen molar-refractivity contribution >= 4 is 34.7 Å². The third-order valence-corrected chi connectivity index (χ3v) is 4.34. The molecular formula is C18H15Cl2NO. The van der Waals surface area contributed by atoms with Crippen LogP contribution < -0.4 is 4.90 Å². The number of carbonyl (C=O) groups excluding carboxylic acids is 1. The van der Waals surface area contributed by atoms with Gasteiger partial charge in [-0.2, -0.15) is 0 Å². The summed E-state index contributed by atoms with van der Waals surface area (Å²) in [6.07, 6.45) is 3.82. The molecule has 22 heavy (non-hydrogen) atoms. The highest BCUT2D eigenvalue weighted by Crippen LogP contribution is 2.38. The molecule has 0 radical (unpaired) electrons. The first kappa shape index (κ1) is 15.1. The second-order valence-electron chi connectivity index (χ2n) is 5.42. The summed E-state index contributed by atoms with van der Waals surface area (Å²) >= 11 is 12.3.